The van der Waals surface area contributed by atoms with Gasteiger partial charge in [-0.3, -0.25) is 4.79 Å². The third kappa shape index (κ3) is 2.66. The molecule has 4 nitrogen and oxygen atoms in total. The van der Waals surface area contributed by atoms with Gasteiger partial charge >= 0.3 is 5.97 Å². The molecule has 1 aliphatic carbocycles. The zero-order valence-electron chi connectivity index (χ0n) is 10.5. The van der Waals surface area contributed by atoms with Gasteiger partial charge in [0, 0.05) is 0 Å². The molecule has 3 N–H and O–H groups in total. The van der Waals surface area contributed by atoms with E-state index in [9.17, 15) is 14.9 Å². The smallest absolute Gasteiger partial charge is 0.321 e. The van der Waals surface area contributed by atoms with Gasteiger partial charge in [-0.15, -0.1) is 0 Å². The predicted molar refractivity (Wildman–Crippen MR) is 67.1 cm³/mol. The number of carbonyl (C=O) groups is 1. The molecule has 2 aliphatic rings. The molecule has 1 heterocycles. The van der Waals surface area contributed by atoms with Crippen molar-refractivity contribution in [3.8, 4) is 0 Å². The number of carboxylic acid groups (broad SMARTS) is 1. The van der Waals surface area contributed by atoms with Crippen molar-refractivity contribution >= 4 is 12.9 Å². The van der Waals surface area contributed by atoms with Crippen molar-refractivity contribution in [2.24, 2.45) is 11.3 Å². The van der Waals surface area contributed by atoms with E-state index in [0.29, 0.717) is 5.92 Å². The van der Waals surface area contributed by atoms with E-state index in [-0.39, 0.29) is 18.4 Å². The normalized spacial score (nSPS) is 37.3. The molecule has 5 heteroatoms. The predicted octanol–water partition coefficient (Wildman–Crippen LogP) is 1.22. The third-order valence-corrected chi connectivity index (χ3v) is 4.49. The summed E-state index contributed by atoms with van der Waals surface area (Å²) in [5.41, 5.74) is -0.0519. The minimum absolute atomic E-state index is 0.0519. The molecular formula is C12H22BNO3. The summed E-state index contributed by atoms with van der Waals surface area (Å²) in [5.74, 6) is -0.217. The van der Waals surface area contributed by atoms with Crippen molar-refractivity contribution in [2.45, 2.75) is 51.3 Å². The SMILES string of the molecule is CB(O)CC1CCCC2(CCNC2C(=O)O)C1. The topological polar surface area (TPSA) is 69.6 Å². The fraction of sp³-hybridized carbons (Fsp3) is 0.917. The van der Waals surface area contributed by atoms with Gasteiger partial charge < -0.3 is 15.4 Å². The van der Waals surface area contributed by atoms with Gasteiger partial charge in [0.05, 0.1) is 0 Å². The third-order valence-electron chi connectivity index (χ3n) is 4.49. The number of nitrogens with one attached hydrogen (secondary N) is 1. The Bertz CT molecular complexity index is 297. The molecule has 1 spiro atoms. The van der Waals surface area contributed by atoms with Crippen molar-refractivity contribution in [3.63, 3.8) is 0 Å². The van der Waals surface area contributed by atoms with Crippen molar-refractivity contribution in [3.05, 3.63) is 0 Å². The van der Waals surface area contributed by atoms with Gasteiger partial charge in [0.2, 0.25) is 0 Å². The molecule has 1 aliphatic heterocycles. The van der Waals surface area contributed by atoms with Crippen LogP contribution < -0.4 is 5.32 Å². The summed E-state index contributed by atoms with van der Waals surface area (Å²) in [6.45, 7) is 2.37. The van der Waals surface area contributed by atoms with E-state index in [2.05, 4.69) is 5.32 Å². The Balaban J connectivity index is 2.06. The number of rotatable bonds is 3. The van der Waals surface area contributed by atoms with Crippen LogP contribution in [0.3, 0.4) is 0 Å². The summed E-state index contributed by atoms with van der Waals surface area (Å²) >= 11 is 0. The maximum atomic E-state index is 11.3. The van der Waals surface area contributed by atoms with Crippen LogP contribution in [0.15, 0.2) is 0 Å². The minimum Gasteiger partial charge on any atom is -0.480 e. The Labute approximate surface area is 103 Å². The maximum absolute atomic E-state index is 11.3. The van der Waals surface area contributed by atoms with Gasteiger partial charge in [0.15, 0.2) is 0 Å². The fourth-order valence-electron chi connectivity index (χ4n) is 3.87. The minimum atomic E-state index is -0.708. The second-order valence-electron chi connectivity index (χ2n) is 5.88. The first-order chi connectivity index (χ1) is 8.03. The molecule has 2 rings (SSSR count). The molecule has 3 atom stereocenters. The highest BCUT2D eigenvalue weighted by Crippen LogP contribution is 2.48. The number of carboxylic acids is 1. The Morgan fingerprint density at radius 3 is 2.94 bits per heavy atom. The van der Waals surface area contributed by atoms with Gasteiger partial charge in [-0.05, 0) is 43.5 Å². The first-order valence-electron chi connectivity index (χ1n) is 6.68. The molecule has 0 radical (unpaired) electrons. The van der Waals surface area contributed by atoms with E-state index in [1.165, 1.54) is 0 Å². The summed E-state index contributed by atoms with van der Waals surface area (Å²) in [6, 6.07) is -0.376. The fourth-order valence-corrected chi connectivity index (χ4v) is 3.87. The second kappa shape index (κ2) is 4.98. The van der Waals surface area contributed by atoms with Crippen LogP contribution in [0.5, 0.6) is 0 Å². The van der Waals surface area contributed by atoms with Crippen molar-refractivity contribution < 1.29 is 14.9 Å². The summed E-state index contributed by atoms with van der Waals surface area (Å²) in [4.78, 5) is 11.3. The molecular weight excluding hydrogens is 217 g/mol. The molecule has 17 heavy (non-hydrogen) atoms. The van der Waals surface area contributed by atoms with Crippen molar-refractivity contribution in [1.29, 1.82) is 0 Å². The highest BCUT2D eigenvalue weighted by molar-refractivity contribution is 6.48. The van der Waals surface area contributed by atoms with Crippen LogP contribution in [-0.4, -0.2) is 35.6 Å². The zero-order valence-corrected chi connectivity index (χ0v) is 10.5. The van der Waals surface area contributed by atoms with Gasteiger partial charge in [0.1, 0.15) is 6.04 Å². The van der Waals surface area contributed by atoms with Crippen LogP contribution in [0.1, 0.15) is 32.1 Å². The van der Waals surface area contributed by atoms with E-state index >= 15 is 0 Å². The first-order valence-corrected chi connectivity index (χ1v) is 6.68. The zero-order chi connectivity index (χ0) is 12.5. The molecule has 1 saturated carbocycles. The van der Waals surface area contributed by atoms with E-state index < -0.39 is 5.97 Å². The van der Waals surface area contributed by atoms with Crippen molar-refractivity contribution in [1.82, 2.24) is 5.32 Å². The Hall–Kier alpha value is -0.545. The largest absolute Gasteiger partial charge is 0.480 e. The Morgan fingerprint density at radius 2 is 2.29 bits per heavy atom. The van der Waals surface area contributed by atoms with Crippen LogP contribution in [-0.2, 0) is 4.79 Å². The van der Waals surface area contributed by atoms with Crippen LogP contribution in [0.4, 0.5) is 0 Å². The van der Waals surface area contributed by atoms with Crippen LogP contribution in [0, 0.1) is 11.3 Å². The molecule has 0 aromatic rings. The lowest BCUT2D eigenvalue weighted by Crippen LogP contribution is -2.46. The quantitative estimate of drug-likeness (QED) is 0.648. The standard InChI is InChI=1S/C12H22BNO3/c1-13(17)8-9-3-2-4-12(7-9)5-6-14-10(12)11(15)16/h9-10,14,17H,2-8H2,1H3,(H,15,16). The molecule has 0 amide bonds. The van der Waals surface area contributed by atoms with Crippen LogP contribution >= 0.6 is 0 Å². The van der Waals surface area contributed by atoms with E-state index in [1.54, 1.807) is 0 Å². The van der Waals surface area contributed by atoms with E-state index in [4.69, 9.17) is 0 Å². The average molecular weight is 239 g/mol. The average Bonchev–Trinajstić information content (AvgIpc) is 2.60. The molecule has 3 unspecified atom stereocenters. The second-order valence-corrected chi connectivity index (χ2v) is 5.88. The highest BCUT2D eigenvalue weighted by atomic mass is 16.4. The van der Waals surface area contributed by atoms with Gasteiger partial charge in [-0.1, -0.05) is 19.7 Å². The first kappa shape index (κ1) is 12.9. The Kier molecular flexibility index (Phi) is 3.78. The summed E-state index contributed by atoms with van der Waals surface area (Å²) in [6.07, 6.45) is 6.01. The molecule has 0 aromatic carbocycles. The molecule has 1 saturated heterocycles. The summed E-state index contributed by atoms with van der Waals surface area (Å²) in [7, 11) is 0. The van der Waals surface area contributed by atoms with E-state index in [0.717, 1.165) is 45.0 Å². The summed E-state index contributed by atoms with van der Waals surface area (Å²) < 4.78 is 0. The van der Waals surface area contributed by atoms with Crippen molar-refractivity contribution in [2.75, 3.05) is 6.54 Å². The lowest BCUT2D eigenvalue weighted by atomic mass is 9.57. The molecule has 2 fully saturated rings. The molecule has 0 bridgehead atoms. The van der Waals surface area contributed by atoms with Gasteiger partial charge in [0.25, 0.3) is 6.92 Å². The van der Waals surface area contributed by atoms with Gasteiger partial charge in [-0.25, -0.2) is 0 Å². The molecule has 0 aromatic heterocycles. The lowest BCUT2D eigenvalue weighted by molar-refractivity contribution is -0.142. The van der Waals surface area contributed by atoms with Crippen LogP contribution in [0.25, 0.3) is 0 Å². The number of hydrogen-bond donors (Lipinski definition) is 3. The summed E-state index contributed by atoms with van der Waals surface area (Å²) in [5, 5.41) is 21.9. The molecule has 96 valence electrons. The highest BCUT2D eigenvalue weighted by Gasteiger charge is 2.49. The van der Waals surface area contributed by atoms with Crippen LogP contribution in [0.2, 0.25) is 13.1 Å². The lowest BCUT2D eigenvalue weighted by Gasteiger charge is -2.40. The Morgan fingerprint density at radius 1 is 1.53 bits per heavy atom. The van der Waals surface area contributed by atoms with E-state index in [1.807, 2.05) is 6.82 Å². The monoisotopic (exact) mass is 239 g/mol. The number of aliphatic carboxylic acids is 1. The van der Waals surface area contributed by atoms with Gasteiger partial charge in [-0.2, -0.15) is 0 Å². The maximum Gasteiger partial charge on any atom is 0.321 e. The number of hydrogen-bond acceptors (Lipinski definition) is 3.